The van der Waals surface area contributed by atoms with Crippen LogP contribution in [-0.4, -0.2) is 25.5 Å². The van der Waals surface area contributed by atoms with Crippen LogP contribution in [0.5, 0.6) is 0 Å². The fourth-order valence-corrected chi connectivity index (χ4v) is 3.98. The topological polar surface area (TPSA) is 46.2 Å². The molecule has 19 heavy (non-hydrogen) atoms. The molecule has 114 valence electrons. The summed E-state index contributed by atoms with van der Waals surface area (Å²) in [6.45, 7) is 0. The highest BCUT2D eigenvalue weighted by Gasteiger charge is 2.26. The van der Waals surface area contributed by atoms with Gasteiger partial charge in [-0.1, -0.05) is 60.9 Å². The minimum Gasteiger partial charge on any atom is -0.212 e. The van der Waals surface area contributed by atoms with Gasteiger partial charge in [-0.3, -0.25) is 0 Å². The number of sulfonamides is 1. The van der Waals surface area contributed by atoms with Crippen molar-refractivity contribution in [3.05, 3.63) is 0 Å². The van der Waals surface area contributed by atoms with E-state index >= 15 is 0 Å². The molecule has 5 heteroatoms. The van der Waals surface area contributed by atoms with Crippen molar-refractivity contribution in [3.8, 4) is 0 Å². The average molecular weight is 354 g/mol. The van der Waals surface area contributed by atoms with Gasteiger partial charge < -0.3 is 0 Å². The molecule has 1 rings (SSSR count). The largest absolute Gasteiger partial charge is 0.212 e. The second kappa shape index (κ2) is 10.2. The second-order valence-corrected chi connectivity index (χ2v) is 8.25. The van der Waals surface area contributed by atoms with E-state index in [2.05, 4.69) is 20.7 Å². The first-order chi connectivity index (χ1) is 9.14. The Labute approximate surface area is 127 Å². The summed E-state index contributed by atoms with van der Waals surface area (Å²) in [7, 11) is -2.98. The molecule has 1 aliphatic carbocycles. The van der Waals surface area contributed by atoms with Gasteiger partial charge in [-0.2, -0.15) is 0 Å². The summed E-state index contributed by atoms with van der Waals surface area (Å²) in [6, 6.07) is 0.254. The summed E-state index contributed by atoms with van der Waals surface area (Å²) in [5.41, 5.74) is 0. The summed E-state index contributed by atoms with van der Waals surface area (Å²) in [4.78, 5) is 0. The molecule has 1 saturated carbocycles. The molecule has 0 amide bonds. The van der Waals surface area contributed by atoms with E-state index in [1.807, 2.05) is 0 Å². The van der Waals surface area contributed by atoms with E-state index < -0.39 is 10.0 Å². The van der Waals surface area contributed by atoms with Crippen LogP contribution in [0.25, 0.3) is 0 Å². The van der Waals surface area contributed by atoms with E-state index in [1.54, 1.807) is 0 Å². The Bertz CT molecular complexity index is 315. The van der Waals surface area contributed by atoms with E-state index in [1.165, 1.54) is 44.9 Å². The van der Waals surface area contributed by atoms with Crippen molar-refractivity contribution < 1.29 is 8.42 Å². The third kappa shape index (κ3) is 10.8. The maximum absolute atomic E-state index is 11.6. The molecule has 0 unspecified atom stereocenters. The number of rotatable bonds is 13. The Hall–Kier alpha value is 0.390. The van der Waals surface area contributed by atoms with Gasteiger partial charge in [0.2, 0.25) is 10.0 Å². The molecule has 3 nitrogen and oxygen atoms in total. The highest BCUT2D eigenvalue weighted by Crippen LogP contribution is 2.20. The molecule has 0 bridgehead atoms. The third-order valence-corrected chi connectivity index (χ3v) is 5.55. The lowest BCUT2D eigenvalue weighted by Gasteiger charge is -2.05. The Morgan fingerprint density at radius 2 is 1.32 bits per heavy atom. The Morgan fingerprint density at radius 3 is 1.79 bits per heavy atom. The van der Waals surface area contributed by atoms with E-state index in [0.717, 1.165) is 31.0 Å². The van der Waals surface area contributed by atoms with Gasteiger partial charge in [0.1, 0.15) is 0 Å². The molecule has 0 saturated heterocycles. The number of nitrogens with one attached hydrogen (secondary N) is 1. The first-order valence-electron chi connectivity index (χ1n) is 7.70. The van der Waals surface area contributed by atoms with Gasteiger partial charge in [0, 0.05) is 11.4 Å². The van der Waals surface area contributed by atoms with E-state index in [4.69, 9.17) is 0 Å². The van der Waals surface area contributed by atoms with Crippen molar-refractivity contribution in [2.75, 3.05) is 11.1 Å². The van der Waals surface area contributed by atoms with Gasteiger partial charge >= 0.3 is 0 Å². The smallest absolute Gasteiger partial charge is 0.211 e. The van der Waals surface area contributed by atoms with E-state index in [-0.39, 0.29) is 6.04 Å². The molecule has 0 aromatic carbocycles. The van der Waals surface area contributed by atoms with Crippen molar-refractivity contribution in [2.24, 2.45) is 0 Å². The van der Waals surface area contributed by atoms with Crippen molar-refractivity contribution in [1.82, 2.24) is 4.72 Å². The SMILES string of the molecule is O=S(=O)(CCCCCCCCCCCBr)NC1CC1. The molecule has 0 radical (unpaired) electrons. The molecule has 0 spiro atoms. The summed E-state index contributed by atoms with van der Waals surface area (Å²) < 4.78 is 25.9. The quantitative estimate of drug-likeness (QED) is 0.402. The third-order valence-electron chi connectivity index (χ3n) is 3.47. The van der Waals surface area contributed by atoms with Gasteiger partial charge in [-0.05, 0) is 25.7 Å². The lowest BCUT2D eigenvalue weighted by Crippen LogP contribution is -2.28. The molecule has 0 aromatic rings. The van der Waals surface area contributed by atoms with Crippen LogP contribution in [0, 0.1) is 0 Å². The molecule has 1 N–H and O–H groups in total. The highest BCUT2D eigenvalue weighted by atomic mass is 79.9. The molecule has 1 aliphatic rings. The van der Waals surface area contributed by atoms with Crippen molar-refractivity contribution in [1.29, 1.82) is 0 Å². The van der Waals surface area contributed by atoms with Gasteiger partial charge in [-0.25, -0.2) is 13.1 Å². The van der Waals surface area contributed by atoms with E-state index in [0.29, 0.717) is 5.75 Å². The number of halogens is 1. The summed E-state index contributed by atoms with van der Waals surface area (Å²) in [6.07, 6.45) is 12.9. The van der Waals surface area contributed by atoms with Crippen LogP contribution in [-0.2, 0) is 10.0 Å². The summed E-state index contributed by atoms with van der Waals surface area (Å²) >= 11 is 3.44. The molecular formula is C14H28BrNO2S. The average Bonchev–Trinajstić information content (AvgIpc) is 3.14. The van der Waals surface area contributed by atoms with Gasteiger partial charge in [0.25, 0.3) is 0 Å². The van der Waals surface area contributed by atoms with Crippen LogP contribution in [0.2, 0.25) is 0 Å². The van der Waals surface area contributed by atoms with Crippen LogP contribution in [0.15, 0.2) is 0 Å². The fraction of sp³-hybridized carbons (Fsp3) is 1.00. The zero-order valence-corrected chi connectivity index (χ0v) is 14.3. The predicted molar refractivity (Wildman–Crippen MR) is 85.3 cm³/mol. The number of hydrogen-bond acceptors (Lipinski definition) is 2. The molecule has 0 heterocycles. The van der Waals surface area contributed by atoms with Crippen molar-refractivity contribution in [3.63, 3.8) is 0 Å². The van der Waals surface area contributed by atoms with Crippen LogP contribution in [0.3, 0.4) is 0 Å². The lowest BCUT2D eigenvalue weighted by molar-refractivity contribution is 0.560. The molecule has 0 aliphatic heterocycles. The summed E-state index contributed by atoms with van der Waals surface area (Å²) in [5.74, 6) is 0.314. The monoisotopic (exact) mass is 353 g/mol. The van der Waals surface area contributed by atoms with E-state index in [9.17, 15) is 8.42 Å². The van der Waals surface area contributed by atoms with Crippen LogP contribution in [0.4, 0.5) is 0 Å². The van der Waals surface area contributed by atoms with Crippen molar-refractivity contribution in [2.45, 2.75) is 76.7 Å². The number of hydrogen-bond donors (Lipinski definition) is 1. The maximum atomic E-state index is 11.6. The predicted octanol–water partition coefficient (Wildman–Crippen LogP) is 3.97. The molecule has 0 aromatic heterocycles. The molecule has 0 atom stereocenters. The second-order valence-electron chi connectivity index (χ2n) is 5.58. The highest BCUT2D eigenvalue weighted by molar-refractivity contribution is 9.09. The van der Waals surface area contributed by atoms with Gasteiger partial charge in [-0.15, -0.1) is 0 Å². The molecular weight excluding hydrogens is 326 g/mol. The lowest BCUT2D eigenvalue weighted by atomic mass is 10.1. The minimum absolute atomic E-state index is 0.254. The molecule has 1 fully saturated rings. The minimum atomic E-state index is -2.98. The van der Waals surface area contributed by atoms with Crippen LogP contribution in [0.1, 0.15) is 70.6 Å². The number of unbranched alkanes of at least 4 members (excludes halogenated alkanes) is 8. The van der Waals surface area contributed by atoms with Crippen molar-refractivity contribution >= 4 is 26.0 Å². The van der Waals surface area contributed by atoms with Gasteiger partial charge in [0.05, 0.1) is 5.75 Å². The van der Waals surface area contributed by atoms with Gasteiger partial charge in [0.15, 0.2) is 0 Å². The zero-order chi connectivity index (χ0) is 14.0. The Kier molecular flexibility index (Phi) is 9.33. The Balaban J connectivity index is 1.82. The van der Waals surface area contributed by atoms with Crippen LogP contribution >= 0.6 is 15.9 Å². The first-order valence-corrected chi connectivity index (χ1v) is 10.5. The Morgan fingerprint density at radius 1 is 0.842 bits per heavy atom. The van der Waals surface area contributed by atoms with Crippen LogP contribution < -0.4 is 4.72 Å². The first kappa shape index (κ1) is 17.4. The maximum Gasteiger partial charge on any atom is 0.211 e. The fourth-order valence-electron chi connectivity index (χ4n) is 2.14. The number of alkyl halides is 1. The normalized spacial score (nSPS) is 15.8. The zero-order valence-electron chi connectivity index (χ0n) is 11.9. The summed E-state index contributed by atoms with van der Waals surface area (Å²) in [5, 5.41) is 1.12. The standard InChI is InChI=1S/C14H28BrNO2S/c15-12-8-6-4-2-1-3-5-7-9-13-19(17,18)16-14-10-11-14/h14,16H,1-13H2.